The number of benzene rings is 1. The molecule has 74 valence electrons. The summed E-state index contributed by atoms with van der Waals surface area (Å²) in [5.41, 5.74) is 0.653. The first-order valence-corrected chi connectivity index (χ1v) is 5.17. The first-order valence-electron chi connectivity index (χ1n) is 4.38. The van der Waals surface area contributed by atoms with Crippen molar-refractivity contribution in [3.8, 4) is 0 Å². The first-order chi connectivity index (χ1) is 6.59. The zero-order valence-corrected chi connectivity index (χ0v) is 9.50. The van der Waals surface area contributed by atoms with Gasteiger partial charge in [-0.3, -0.25) is 4.79 Å². The summed E-state index contributed by atoms with van der Waals surface area (Å²) in [7, 11) is 0. The molecular weight excluding hydrogens is 244 g/mol. The highest BCUT2D eigenvalue weighted by Crippen LogP contribution is 2.13. The Morgan fingerprint density at radius 2 is 2.00 bits per heavy atom. The molecule has 0 bridgehead atoms. The van der Waals surface area contributed by atoms with Crippen LogP contribution in [-0.4, -0.2) is 11.6 Å². The summed E-state index contributed by atoms with van der Waals surface area (Å²) < 4.78 is 0.881. The molecule has 0 heterocycles. The summed E-state index contributed by atoms with van der Waals surface area (Å²) >= 11 is 3.29. The van der Waals surface area contributed by atoms with Crippen molar-refractivity contribution in [3.05, 3.63) is 34.3 Å². The number of hydrogen-bond donors (Lipinski definition) is 0. The fraction of sp³-hybridized carbons (Fsp3) is 0.273. The van der Waals surface area contributed by atoms with Crippen LogP contribution in [0.15, 0.2) is 28.7 Å². The van der Waals surface area contributed by atoms with Gasteiger partial charge >= 0.3 is 0 Å². The second-order valence-electron chi connectivity index (χ2n) is 3.14. The highest BCUT2D eigenvalue weighted by molar-refractivity contribution is 9.10. The zero-order valence-electron chi connectivity index (χ0n) is 7.92. The fourth-order valence-corrected chi connectivity index (χ4v) is 1.50. The van der Waals surface area contributed by atoms with E-state index >= 15 is 0 Å². The topological polar surface area (TPSA) is 34.1 Å². The minimum Gasteiger partial charge on any atom is -0.300 e. The fourth-order valence-electron chi connectivity index (χ4n) is 1.10. The molecule has 2 nitrogen and oxygen atoms in total. The Kier molecular flexibility index (Phi) is 4.01. The Morgan fingerprint density at radius 1 is 1.29 bits per heavy atom. The summed E-state index contributed by atoms with van der Waals surface area (Å²) in [6.45, 7) is 1.49. The Labute approximate surface area is 91.4 Å². The summed E-state index contributed by atoms with van der Waals surface area (Å²) in [6.07, 6.45) is 0.622. The summed E-state index contributed by atoms with van der Waals surface area (Å²) in [5, 5.41) is 0. The van der Waals surface area contributed by atoms with Crippen LogP contribution in [0.3, 0.4) is 0 Å². The van der Waals surface area contributed by atoms with Crippen molar-refractivity contribution in [2.75, 3.05) is 0 Å². The minimum atomic E-state index is 0.0153. The third kappa shape index (κ3) is 3.42. The quantitative estimate of drug-likeness (QED) is 0.775. The van der Waals surface area contributed by atoms with Crippen LogP contribution >= 0.6 is 15.9 Å². The Bertz CT molecular complexity index is 358. The second kappa shape index (κ2) is 5.05. The van der Waals surface area contributed by atoms with E-state index in [9.17, 15) is 9.59 Å². The van der Waals surface area contributed by atoms with E-state index in [4.69, 9.17) is 0 Å². The molecule has 0 spiro atoms. The van der Waals surface area contributed by atoms with Crippen LogP contribution in [0.5, 0.6) is 0 Å². The molecule has 0 unspecified atom stereocenters. The molecule has 14 heavy (non-hydrogen) atoms. The number of carbonyl (C=O) groups excluding carboxylic acids is 2. The maximum atomic E-state index is 11.5. The van der Waals surface area contributed by atoms with Crippen LogP contribution in [0.25, 0.3) is 0 Å². The average molecular weight is 255 g/mol. The van der Waals surface area contributed by atoms with E-state index in [0.29, 0.717) is 18.4 Å². The van der Waals surface area contributed by atoms with Gasteiger partial charge in [-0.2, -0.15) is 0 Å². The van der Waals surface area contributed by atoms with Crippen molar-refractivity contribution in [2.24, 2.45) is 0 Å². The van der Waals surface area contributed by atoms with Gasteiger partial charge in [-0.15, -0.1) is 0 Å². The Balaban J connectivity index is 2.65. The zero-order chi connectivity index (χ0) is 10.6. The van der Waals surface area contributed by atoms with E-state index in [1.54, 1.807) is 12.1 Å². The third-order valence-corrected chi connectivity index (χ3v) is 2.34. The predicted octanol–water partition coefficient (Wildman–Crippen LogP) is 3.00. The molecule has 0 aliphatic rings. The van der Waals surface area contributed by atoms with Gasteiger partial charge in [0, 0.05) is 22.9 Å². The first kappa shape index (κ1) is 11.1. The highest BCUT2D eigenvalue weighted by Gasteiger charge is 2.06. The molecule has 0 saturated heterocycles. The van der Waals surface area contributed by atoms with E-state index in [2.05, 4.69) is 15.9 Å². The van der Waals surface area contributed by atoms with Crippen LogP contribution < -0.4 is 0 Å². The van der Waals surface area contributed by atoms with E-state index < -0.39 is 0 Å². The van der Waals surface area contributed by atoms with E-state index in [-0.39, 0.29) is 11.6 Å². The van der Waals surface area contributed by atoms with Gasteiger partial charge in [0.05, 0.1) is 0 Å². The molecular formula is C11H11BrO2. The highest BCUT2D eigenvalue weighted by atomic mass is 79.9. The normalized spacial score (nSPS) is 9.86. The average Bonchev–Trinajstić information content (AvgIpc) is 2.14. The van der Waals surface area contributed by atoms with Gasteiger partial charge in [-0.1, -0.05) is 28.1 Å². The molecule has 0 radical (unpaired) electrons. The van der Waals surface area contributed by atoms with Crippen LogP contribution in [-0.2, 0) is 4.79 Å². The lowest BCUT2D eigenvalue weighted by Crippen LogP contribution is -2.01. The van der Waals surface area contributed by atoms with Gasteiger partial charge < -0.3 is 4.79 Å². The largest absolute Gasteiger partial charge is 0.300 e. The van der Waals surface area contributed by atoms with Crippen molar-refractivity contribution < 1.29 is 9.59 Å². The summed E-state index contributed by atoms with van der Waals surface area (Å²) in [4.78, 5) is 22.2. The molecule has 0 aromatic heterocycles. The third-order valence-electron chi connectivity index (χ3n) is 1.85. The van der Waals surface area contributed by atoms with Gasteiger partial charge in [-0.05, 0) is 19.1 Å². The summed E-state index contributed by atoms with van der Waals surface area (Å²) in [5.74, 6) is 0.0647. The van der Waals surface area contributed by atoms with Crippen LogP contribution in [0.1, 0.15) is 30.1 Å². The molecule has 0 aliphatic carbocycles. The van der Waals surface area contributed by atoms with E-state index in [1.807, 2.05) is 12.1 Å². The predicted molar refractivity (Wildman–Crippen MR) is 58.4 cm³/mol. The van der Waals surface area contributed by atoms with Crippen molar-refractivity contribution in [1.82, 2.24) is 0 Å². The number of rotatable bonds is 4. The number of carbonyl (C=O) groups is 2. The maximum Gasteiger partial charge on any atom is 0.163 e. The van der Waals surface area contributed by atoms with Gasteiger partial charge in [0.25, 0.3) is 0 Å². The molecule has 0 aliphatic heterocycles. The molecule has 1 rings (SSSR count). The van der Waals surface area contributed by atoms with Gasteiger partial charge in [-0.25, -0.2) is 0 Å². The minimum absolute atomic E-state index is 0.0153. The standard InChI is InChI=1S/C11H11BrO2/c1-8(13)5-6-11(14)9-3-2-4-10(12)7-9/h2-4,7H,5-6H2,1H3. The van der Waals surface area contributed by atoms with Gasteiger partial charge in [0.15, 0.2) is 5.78 Å². The molecule has 1 aromatic carbocycles. The van der Waals surface area contributed by atoms with E-state index in [1.165, 1.54) is 6.92 Å². The van der Waals surface area contributed by atoms with Crippen molar-refractivity contribution in [2.45, 2.75) is 19.8 Å². The van der Waals surface area contributed by atoms with Crippen LogP contribution in [0.2, 0.25) is 0 Å². The van der Waals surface area contributed by atoms with E-state index in [0.717, 1.165) is 4.47 Å². The van der Waals surface area contributed by atoms with Crippen molar-refractivity contribution >= 4 is 27.5 Å². The molecule has 1 aromatic rings. The number of Topliss-reactive ketones (excluding diaryl/α,β-unsaturated/α-hetero) is 2. The van der Waals surface area contributed by atoms with Crippen molar-refractivity contribution in [1.29, 1.82) is 0 Å². The number of hydrogen-bond acceptors (Lipinski definition) is 2. The number of ketones is 2. The molecule has 0 atom stereocenters. The molecule has 3 heteroatoms. The SMILES string of the molecule is CC(=O)CCC(=O)c1cccc(Br)c1. The molecule has 0 fully saturated rings. The smallest absolute Gasteiger partial charge is 0.163 e. The van der Waals surface area contributed by atoms with Crippen LogP contribution in [0.4, 0.5) is 0 Å². The summed E-state index contributed by atoms with van der Waals surface area (Å²) in [6, 6.07) is 7.20. The van der Waals surface area contributed by atoms with Gasteiger partial charge in [0.2, 0.25) is 0 Å². The van der Waals surface area contributed by atoms with Gasteiger partial charge in [0.1, 0.15) is 5.78 Å². The lowest BCUT2D eigenvalue weighted by atomic mass is 10.1. The monoisotopic (exact) mass is 254 g/mol. The lowest BCUT2D eigenvalue weighted by Gasteiger charge is -1.99. The maximum absolute atomic E-state index is 11.5. The van der Waals surface area contributed by atoms with Crippen molar-refractivity contribution in [3.63, 3.8) is 0 Å². The number of halogens is 1. The van der Waals surface area contributed by atoms with Crippen LogP contribution in [0, 0.1) is 0 Å². The Hall–Kier alpha value is -0.960. The molecule has 0 saturated carbocycles. The molecule has 0 N–H and O–H groups in total. The Morgan fingerprint density at radius 3 is 2.57 bits per heavy atom. The molecule has 0 amide bonds. The second-order valence-corrected chi connectivity index (χ2v) is 4.05. The lowest BCUT2D eigenvalue weighted by molar-refractivity contribution is -0.116.